The van der Waals surface area contributed by atoms with Crippen LogP contribution < -0.4 is 10.6 Å². The molecule has 3 rings (SSSR count). The molecule has 0 saturated heterocycles. The molecule has 5 nitrogen and oxygen atoms in total. The highest BCUT2D eigenvalue weighted by Gasteiger charge is 2.25. The summed E-state index contributed by atoms with van der Waals surface area (Å²) >= 11 is 0. The first kappa shape index (κ1) is 17.5. The minimum Gasteiger partial charge on any atom is -0.361 e. The van der Waals surface area contributed by atoms with Crippen molar-refractivity contribution >= 4 is 5.96 Å². The SMILES string of the molecule is CCNC(=NCc1c(CC)noc1CC)NCC1Cc2ccccc21. The van der Waals surface area contributed by atoms with E-state index in [-0.39, 0.29) is 0 Å². The van der Waals surface area contributed by atoms with E-state index < -0.39 is 0 Å². The third-order valence-corrected chi connectivity index (χ3v) is 4.82. The van der Waals surface area contributed by atoms with E-state index in [2.05, 4.69) is 60.8 Å². The minimum absolute atomic E-state index is 0.577. The number of guanidine groups is 1. The van der Waals surface area contributed by atoms with E-state index in [1.54, 1.807) is 0 Å². The quantitative estimate of drug-likeness (QED) is 0.600. The highest BCUT2D eigenvalue weighted by molar-refractivity contribution is 5.79. The van der Waals surface area contributed by atoms with E-state index in [1.807, 2.05) is 0 Å². The second-order valence-electron chi connectivity index (χ2n) is 6.41. The van der Waals surface area contributed by atoms with Crippen LogP contribution in [0.15, 0.2) is 33.8 Å². The molecule has 0 bridgehead atoms. The summed E-state index contributed by atoms with van der Waals surface area (Å²) < 4.78 is 5.43. The van der Waals surface area contributed by atoms with Gasteiger partial charge in [-0.1, -0.05) is 43.3 Å². The molecule has 1 unspecified atom stereocenters. The van der Waals surface area contributed by atoms with Crippen LogP contribution in [-0.4, -0.2) is 24.2 Å². The van der Waals surface area contributed by atoms with Gasteiger partial charge in [0.1, 0.15) is 5.76 Å². The number of nitrogens with one attached hydrogen (secondary N) is 2. The van der Waals surface area contributed by atoms with Gasteiger partial charge in [0, 0.05) is 31.0 Å². The number of rotatable bonds is 7. The minimum atomic E-state index is 0.577. The lowest BCUT2D eigenvalue weighted by molar-refractivity contribution is 0.380. The van der Waals surface area contributed by atoms with E-state index in [9.17, 15) is 0 Å². The molecule has 0 saturated carbocycles. The summed E-state index contributed by atoms with van der Waals surface area (Å²) in [5.74, 6) is 2.38. The highest BCUT2D eigenvalue weighted by atomic mass is 16.5. The number of hydrogen-bond donors (Lipinski definition) is 2. The van der Waals surface area contributed by atoms with Gasteiger partial charge in [-0.15, -0.1) is 0 Å². The van der Waals surface area contributed by atoms with E-state index in [0.29, 0.717) is 12.5 Å². The van der Waals surface area contributed by atoms with Gasteiger partial charge in [-0.05, 0) is 30.9 Å². The van der Waals surface area contributed by atoms with Gasteiger partial charge in [0.05, 0.1) is 12.2 Å². The molecule has 0 aliphatic heterocycles. The molecule has 0 amide bonds. The molecular formula is C20H28N4O. The Kier molecular flexibility index (Phi) is 5.74. The van der Waals surface area contributed by atoms with Crippen LogP contribution in [0.1, 0.15) is 54.8 Å². The number of hydrogen-bond acceptors (Lipinski definition) is 3. The van der Waals surface area contributed by atoms with Crippen LogP contribution in [0.5, 0.6) is 0 Å². The summed E-state index contributed by atoms with van der Waals surface area (Å²) in [7, 11) is 0. The van der Waals surface area contributed by atoms with Gasteiger partial charge in [0.15, 0.2) is 5.96 Å². The summed E-state index contributed by atoms with van der Waals surface area (Å²) in [6.45, 7) is 8.63. The fourth-order valence-electron chi connectivity index (χ4n) is 3.38. The zero-order chi connectivity index (χ0) is 17.6. The van der Waals surface area contributed by atoms with Crippen molar-refractivity contribution in [1.29, 1.82) is 0 Å². The first-order chi connectivity index (χ1) is 12.3. The third-order valence-electron chi connectivity index (χ3n) is 4.82. The molecule has 134 valence electrons. The molecule has 1 aliphatic carbocycles. The standard InChI is InChI=1S/C20H28N4O/c1-4-18-17(19(5-2)25-24-18)13-23-20(21-6-3)22-12-15-11-14-9-7-8-10-16(14)15/h7-10,15H,4-6,11-13H2,1-3H3,(H2,21,22,23). The number of aromatic nitrogens is 1. The maximum Gasteiger partial charge on any atom is 0.191 e. The topological polar surface area (TPSA) is 62.5 Å². The van der Waals surface area contributed by atoms with E-state index in [0.717, 1.165) is 55.3 Å². The Hall–Kier alpha value is -2.30. The number of aryl methyl sites for hydroxylation is 2. The zero-order valence-electron chi connectivity index (χ0n) is 15.4. The monoisotopic (exact) mass is 340 g/mol. The van der Waals surface area contributed by atoms with Gasteiger partial charge in [-0.25, -0.2) is 4.99 Å². The zero-order valence-corrected chi connectivity index (χ0v) is 15.4. The number of nitrogens with zero attached hydrogens (tertiary/aromatic N) is 2. The van der Waals surface area contributed by atoms with Crippen LogP contribution >= 0.6 is 0 Å². The first-order valence-electron chi connectivity index (χ1n) is 9.33. The van der Waals surface area contributed by atoms with Crippen LogP contribution in [0.2, 0.25) is 0 Å². The first-order valence-corrected chi connectivity index (χ1v) is 9.33. The molecule has 1 aromatic carbocycles. The molecule has 0 fully saturated rings. The summed E-state index contributed by atoms with van der Waals surface area (Å²) in [6, 6.07) is 8.68. The lowest BCUT2D eigenvalue weighted by atomic mass is 9.78. The molecule has 0 radical (unpaired) electrons. The summed E-state index contributed by atoms with van der Waals surface area (Å²) in [6.07, 6.45) is 2.87. The van der Waals surface area contributed by atoms with Gasteiger partial charge in [0.25, 0.3) is 0 Å². The lowest BCUT2D eigenvalue weighted by Crippen LogP contribution is -2.41. The highest BCUT2D eigenvalue weighted by Crippen LogP contribution is 2.33. The van der Waals surface area contributed by atoms with Crippen molar-refractivity contribution in [1.82, 2.24) is 15.8 Å². The molecule has 5 heteroatoms. The third kappa shape index (κ3) is 3.86. The Morgan fingerprint density at radius 2 is 2.04 bits per heavy atom. The molecule has 1 atom stereocenters. The summed E-state index contributed by atoms with van der Waals surface area (Å²) in [5.41, 5.74) is 5.09. The van der Waals surface area contributed by atoms with E-state index >= 15 is 0 Å². The van der Waals surface area contributed by atoms with Crippen LogP contribution in [0, 0.1) is 0 Å². The van der Waals surface area contributed by atoms with Gasteiger partial charge < -0.3 is 15.2 Å². The number of fused-ring (bicyclic) bond motifs is 1. The molecule has 0 spiro atoms. The fourth-order valence-corrected chi connectivity index (χ4v) is 3.38. The Balaban J connectivity index is 1.63. The van der Waals surface area contributed by atoms with Crippen molar-refractivity contribution in [3.05, 3.63) is 52.4 Å². The Morgan fingerprint density at radius 3 is 2.76 bits per heavy atom. The molecule has 1 aliphatic rings. The second kappa shape index (κ2) is 8.19. The number of benzene rings is 1. The maximum atomic E-state index is 5.43. The molecule has 2 N–H and O–H groups in total. The Morgan fingerprint density at radius 1 is 1.20 bits per heavy atom. The number of aliphatic imine (C=N–C) groups is 1. The van der Waals surface area contributed by atoms with Gasteiger partial charge in [0.2, 0.25) is 0 Å². The Bertz CT molecular complexity index is 714. The predicted molar refractivity (Wildman–Crippen MR) is 101 cm³/mol. The average molecular weight is 340 g/mol. The van der Waals surface area contributed by atoms with Gasteiger partial charge in [-0.3, -0.25) is 0 Å². The molecule has 1 aromatic heterocycles. The largest absolute Gasteiger partial charge is 0.361 e. The molecule has 25 heavy (non-hydrogen) atoms. The van der Waals surface area contributed by atoms with Gasteiger partial charge >= 0.3 is 0 Å². The normalized spacial score (nSPS) is 16.3. The van der Waals surface area contributed by atoms with Crippen LogP contribution in [0.3, 0.4) is 0 Å². The fraction of sp³-hybridized carbons (Fsp3) is 0.500. The van der Waals surface area contributed by atoms with Crippen molar-refractivity contribution in [2.24, 2.45) is 4.99 Å². The Labute approximate surface area is 149 Å². The van der Waals surface area contributed by atoms with Crippen molar-refractivity contribution in [3.8, 4) is 0 Å². The molecular weight excluding hydrogens is 312 g/mol. The second-order valence-corrected chi connectivity index (χ2v) is 6.41. The predicted octanol–water partition coefficient (Wildman–Crippen LogP) is 3.19. The van der Waals surface area contributed by atoms with Crippen LogP contribution in [0.25, 0.3) is 0 Å². The van der Waals surface area contributed by atoms with Crippen molar-refractivity contribution < 1.29 is 4.52 Å². The van der Waals surface area contributed by atoms with Crippen LogP contribution in [0.4, 0.5) is 0 Å². The molecule has 2 aromatic rings. The lowest BCUT2D eigenvalue weighted by Gasteiger charge is -2.30. The summed E-state index contributed by atoms with van der Waals surface area (Å²) in [4.78, 5) is 4.75. The van der Waals surface area contributed by atoms with E-state index in [4.69, 9.17) is 9.52 Å². The van der Waals surface area contributed by atoms with Gasteiger partial charge in [-0.2, -0.15) is 0 Å². The van der Waals surface area contributed by atoms with Crippen molar-refractivity contribution in [2.75, 3.05) is 13.1 Å². The summed E-state index contributed by atoms with van der Waals surface area (Å²) in [5, 5.41) is 11.0. The smallest absolute Gasteiger partial charge is 0.191 e. The molecule has 1 heterocycles. The van der Waals surface area contributed by atoms with Crippen LogP contribution in [-0.2, 0) is 25.8 Å². The van der Waals surface area contributed by atoms with Crippen molar-refractivity contribution in [2.45, 2.75) is 52.5 Å². The van der Waals surface area contributed by atoms with E-state index in [1.165, 1.54) is 11.1 Å². The average Bonchev–Trinajstić information content (AvgIpc) is 3.02. The van der Waals surface area contributed by atoms with Crippen molar-refractivity contribution in [3.63, 3.8) is 0 Å². The maximum absolute atomic E-state index is 5.43.